The molecule has 114 valence electrons. The number of thioether (sulfide) groups is 1. The van der Waals surface area contributed by atoms with Crippen molar-refractivity contribution < 1.29 is 12.8 Å². The highest BCUT2D eigenvalue weighted by Crippen LogP contribution is 2.46. The number of furan rings is 1. The van der Waals surface area contributed by atoms with Crippen LogP contribution in [-0.4, -0.2) is 32.5 Å². The van der Waals surface area contributed by atoms with Crippen molar-refractivity contribution in [3.63, 3.8) is 0 Å². The first-order chi connectivity index (χ1) is 9.51. The van der Waals surface area contributed by atoms with E-state index in [1.165, 1.54) is 6.07 Å². The second-order valence-electron chi connectivity index (χ2n) is 5.11. The average molecular weight is 318 g/mol. The predicted molar refractivity (Wildman–Crippen MR) is 81.4 cm³/mol. The topological polar surface area (TPSA) is 71.3 Å². The van der Waals surface area contributed by atoms with E-state index in [0.717, 1.165) is 25.8 Å². The quantitative estimate of drug-likeness (QED) is 0.681. The number of nitrogens with one attached hydrogen (secondary N) is 2. The molecule has 1 heterocycles. The summed E-state index contributed by atoms with van der Waals surface area (Å²) in [4.78, 5) is 0. The zero-order valence-corrected chi connectivity index (χ0v) is 13.6. The van der Waals surface area contributed by atoms with Gasteiger partial charge in [0.15, 0.2) is 0 Å². The number of hydrogen-bond donors (Lipinski definition) is 2. The van der Waals surface area contributed by atoms with Crippen molar-refractivity contribution in [3.05, 3.63) is 17.9 Å². The van der Waals surface area contributed by atoms with Gasteiger partial charge < -0.3 is 9.73 Å². The summed E-state index contributed by atoms with van der Waals surface area (Å²) >= 11 is 1.73. The minimum absolute atomic E-state index is 0.00250. The van der Waals surface area contributed by atoms with Crippen molar-refractivity contribution >= 4 is 21.8 Å². The Morgan fingerprint density at radius 2 is 2.15 bits per heavy atom. The van der Waals surface area contributed by atoms with Crippen LogP contribution in [0.25, 0.3) is 0 Å². The molecule has 0 aliphatic heterocycles. The highest BCUT2D eigenvalue weighted by atomic mass is 32.2. The van der Waals surface area contributed by atoms with E-state index in [1.807, 2.05) is 6.26 Å². The predicted octanol–water partition coefficient (Wildman–Crippen LogP) is 1.95. The van der Waals surface area contributed by atoms with Crippen LogP contribution in [0.3, 0.4) is 0 Å². The fraction of sp³-hybridized carbons (Fsp3) is 0.692. The zero-order valence-electron chi connectivity index (χ0n) is 11.9. The van der Waals surface area contributed by atoms with Gasteiger partial charge in [-0.05, 0) is 44.2 Å². The second kappa shape index (κ2) is 6.51. The SMILES string of the molecule is CCCNCc1ccc(S(=O)(=O)NCC2(SC)CC2)o1. The summed E-state index contributed by atoms with van der Waals surface area (Å²) in [5.41, 5.74) is 0. The smallest absolute Gasteiger partial charge is 0.274 e. The van der Waals surface area contributed by atoms with Crippen LogP contribution in [0.5, 0.6) is 0 Å². The molecule has 20 heavy (non-hydrogen) atoms. The van der Waals surface area contributed by atoms with Crippen LogP contribution in [0, 0.1) is 0 Å². The van der Waals surface area contributed by atoms with E-state index in [9.17, 15) is 8.42 Å². The van der Waals surface area contributed by atoms with Crippen molar-refractivity contribution in [2.24, 2.45) is 0 Å². The van der Waals surface area contributed by atoms with E-state index in [-0.39, 0.29) is 9.84 Å². The van der Waals surface area contributed by atoms with Gasteiger partial charge in [0.05, 0.1) is 6.54 Å². The maximum Gasteiger partial charge on any atom is 0.274 e. The Morgan fingerprint density at radius 3 is 2.75 bits per heavy atom. The van der Waals surface area contributed by atoms with Gasteiger partial charge in [0.2, 0.25) is 5.09 Å². The Hall–Kier alpha value is -0.500. The van der Waals surface area contributed by atoms with Gasteiger partial charge in [-0.2, -0.15) is 11.8 Å². The van der Waals surface area contributed by atoms with Crippen molar-refractivity contribution in [1.82, 2.24) is 10.0 Å². The van der Waals surface area contributed by atoms with Crippen LogP contribution < -0.4 is 10.0 Å². The molecule has 0 saturated heterocycles. The summed E-state index contributed by atoms with van der Waals surface area (Å²) in [5.74, 6) is 0.643. The highest BCUT2D eigenvalue weighted by Gasteiger charge is 2.42. The molecule has 1 aromatic heterocycles. The van der Waals surface area contributed by atoms with Gasteiger partial charge in [0.25, 0.3) is 10.0 Å². The van der Waals surface area contributed by atoms with Gasteiger partial charge in [-0.3, -0.25) is 0 Å². The van der Waals surface area contributed by atoms with Crippen molar-refractivity contribution in [3.8, 4) is 0 Å². The summed E-state index contributed by atoms with van der Waals surface area (Å²) < 4.78 is 32.4. The maximum absolute atomic E-state index is 12.1. The molecule has 0 atom stereocenters. The first-order valence-electron chi connectivity index (χ1n) is 6.85. The van der Waals surface area contributed by atoms with Crippen LogP contribution in [0.2, 0.25) is 0 Å². The van der Waals surface area contributed by atoms with Gasteiger partial charge in [-0.15, -0.1) is 0 Å². The highest BCUT2D eigenvalue weighted by molar-refractivity contribution is 8.00. The first-order valence-corrected chi connectivity index (χ1v) is 9.56. The largest absolute Gasteiger partial charge is 0.447 e. The fourth-order valence-corrected chi connectivity index (χ4v) is 3.77. The van der Waals surface area contributed by atoms with Gasteiger partial charge in [0.1, 0.15) is 5.76 Å². The molecular formula is C13H22N2O3S2. The van der Waals surface area contributed by atoms with Crippen molar-refractivity contribution in [2.75, 3.05) is 19.3 Å². The Balaban J connectivity index is 1.92. The zero-order chi connectivity index (χ0) is 14.6. The molecular weight excluding hydrogens is 296 g/mol. The number of sulfonamides is 1. The summed E-state index contributed by atoms with van der Waals surface area (Å²) in [7, 11) is -3.53. The molecule has 2 rings (SSSR count). The van der Waals surface area contributed by atoms with E-state index >= 15 is 0 Å². The van der Waals surface area contributed by atoms with Crippen LogP contribution in [0.15, 0.2) is 21.6 Å². The number of rotatable bonds is 9. The molecule has 0 unspecified atom stereocenters. The minimum atomic E-state index is -3.53. The molecule has 1 aliphatic rings. The van der Waals surface area contributed by atoms with Gasteiger partial charge >= 0.3 is 0 Å². The van der Waals surface area contributed by atoms with Crippen LogP contribution in [-0.2, 0) is 16.6 Å². The molecule has 0 radical (unpaired) electrons. The lowest BCUT2D eigenvalue weighted by atomic mass is 10.4. The summed E-state index contributed by atoms with van der Waals surface area (Å²) in [6.07, 6.45) is 5.19. The van der Waals surface area contributed by atoms with E-state index in [2.05, 4.69) is 17.0 Å². The lowest BCUT2D eigenvalue weighted by Crippen LogP contribution is -2.31. The molecule has 0 aromatic carbocycles. The monoisotopic (exact) mass is 318 g/mol. The van der Waals surface area contributed by atoms with E-state index < -0.39 is 10.0 Å². The molecule has 1 aliphatic carbocycles. The first kappa shape index (κ1) is 15.9. The van der Waals surface area contributed by atoms with Crippen LogP contribution in [0.1, 0.15) is 31.9 Å². The van der Waals surface area contributed by atoms with Gasteiger partial charge in [-0.1, -0.05) is 6.92 Å². The molecule has 1 fully saturated rings. The molecule has 1 saturated carbocycles. The normalized spacial score (nSPS) is 17.3. The van der Waals surface area contributed by atoms with Crippen molar-refractivity contribution in [1.29, 1.82) is 0 Å². The lowest BCUT2D eigenvalue weighted by molar-refractivity contribution is 0.400. The van der Waals surface area contributed by atoms with E-state index in [0.29, 0.717) is 18.8 Å². The molecule has 1 aromatic rings. The third-order valence-electron chi connectivity index (χ3n) is 3.45. The Morgan fingerprint density at radius 1 is 1.40 bits per heavy atom. The second-order valence-corrected chi connectivity index (χ2v) is 8.08. The maximum atomic E-state index is 12.1. The van der Waals surface area contributed by atoms with Crippen LogP contribution in [0.4, 0.5) is 0 Å². The standard InChI is InChI=1S/C13H22N2O3S2/c1-3-8-14-9-11-4-5-12(18-11)20(16,17)15-10-13(19-2)6-7-13/h4-5,14-15H,3,6-10H2,1-2H3. The molecule has 0 bridgehead atoms. The molecule has 0 spiro atoms. The number of hydrogen-bond acceptors (Lipinski definition) is 5. The molecule has 5 nitrogen and oxygen atoms in total. The Labute approximate surface area is 124 Å². The van der Waals surface area contributed by atoms with Crippen molar-refractivity contribution in [2.45, 2.75) is 42.6 Å². The molecule has 7 heteroatoms. The fourth-order valence-electron chi connectivity index (χ4n) is 1.88. The summed E-state index contributed by atoms with van der Waals surface area (Å²) in [6, 6.07) is 3.22. The third-order valence-corrected chi connectivity index (χ3v) is 6.15. The average Bonchev–Trinajstić information content (AvgIpc) is 3.06. The summed E-state index contributed by atoms with van der Waals surface area (Å²) in [5, 5.41) is 3.18. The lowest BCUT2D eigenvalue weighted by Gasteiger charge is -2.12. The Bertz CT molecular complexity index is 536. The minimum Gasteiger partial charge on any atom is -0.447 e. The van der Waals surface area contributed by atoms with Gasteiger partial charge in [0, 0.05) is 11.3 Å². The van der Waals surface area contributed by atoms with E-state index in [4.69, 9.17) is 4.42 Å². The molecule has 2 N–H and O–H groups in total. The summed E-state index contributed by atoms with van der Waals surface area (Å²) in [6.45, 7) is 3.99. The third kappa shape index (κ3) is 4.00. The van der Waals surface area contributed by atoms with Crippen LogP contribution >= 0.6 is 11.8 Å². The van der Waals surface area contributed by atoms with Gasteiger partial charge in [-0.25, -0.2) is 13.1 Å². The van der Waals surface area contributed by atoms with E-state index in [1.54, 1.807) is 17.8 Å². The Kier molecular flexibility index (Phi) is 5.17. The molecule has 0 amide bonds.